The largest absolute Gasteiger partial charge is 0.394 e. The van der Waals surface area contributed by atoms with E-state index in [0.29, 0.717) is 12.8 Å². The molecule has 11 heavy (non-hydrogen) atoms. The molecule has 0 heterocycles. The van der Waals surface area contributed by atoms with Crippen LogP contribution in [0.15, 0.2) is 0 Å². The van der Waals surface area contributed by atoms with Gasteiger partial charge in [-0.05, 0) is 12.8 Å². The molecule has 0 aliphatic heterocycles. The lowest BCUT2D eigenvalue weighted by Gasteiger charge is -2.35. The highest BCUT2D eigenvalue weighted by Crippen LogP contribution is 2.30. The van der Waals surface area contributed by atoms with Crippen molar-refractivity contribution >= 4 is 0 Å². The first-order valence-electron chi connectivity index (χ1n) is 4.20. The van der Waals surface area contributed by atoms with Crippen molar-refractivity contribution in [1.82, 2.24) is 0 Å². The van der Waals surface area contributed by atoms with Gasteiger partial charge in [0.05, 0.1) is 12.2 Å². The lowest BCUT2D eigenvalue weighted by Crippen LogP contribution is -2.45. The molecule has 0 aromatic rings. The third kappa shape index (κ3) is 1.92. The Morgan fingerprint density at radius 2 is 1.73 bits per heavy atom. The molecule has 0 saturated heterocycles. The molecule has 1 aliphatic carbocycles. The van der Waals surface area contributed by atoms with Gasteiger partial charge < -0.3 is 15.3 Å². The van der Waals surface area contributed by atoms with Crippen LogP contribution in [0.3, 0.4) is 0 Å². The molecule has 3 heteroatoms. The van der Waals surface area contributed by atoms with Gasteiger partial charge >= 0.3 is 0 Å². The summed E-state index contributed by atoms with van der Waals surface area (Å²) < 4.78 is 0. The van der Waals surface area contributed by atoms with E-state index in [2.05, 4.69) is 0 Å². The summed E-state index contributed by atoms with van der Waals surface area (Å²) in [5, 5.41) is 27.6. The average molecular weight is 160 g/mol. The van der Waals surface area contributed by atoms with Gasteiger partial charge in [0.15, 0.2) is 0 Å². The summed E-state index contributed by atoms with van der Waals surface area (Å²) in [5.41, 5.74) is -1.01. The van der Waals surface area contributed by atoms with Crippen molar-refractivity contribution in [3.05, 3.63) is 0 Å². The van der Waals surface area contributed by atoms with Crippen LogP contribution in [0.4, 0.5) is 0 Å². The molecule has 3 nitrogen and oxygen atoms in total. The molecule has 1 aliphatic rings. The zero-order valence-electron chi connectivity index (χ0n) is 6.66. The van der Waals surface area contributed by atoms with Gasteiger partial charge in [-0.3, -0.25) is 0 Å². The lowest BCUT2D eigenvalue weighted by atomic mass is 9.81. The number of hydrogen-bond acceptors (Lipinski definition) is 3. The molecule has 1 rings (SSSR count). The predicted octanol–water partition coefficient (Wildman–Crippen LogP) is 0.0348. The second-order valence-corrected chi connectivity index (χ2v) is 3.36. The first kappa shape index (κ1) is 8.97. The maximum Gasteiger partial charge on any atom is 0.106 e. The van der Waals surface area contributed by atoms with Gasteiger partial charge in [0.2, 0.25) is 0 Å². The monoisotopic (exact) mass is 160 g/mol. The quantitative estimate of drug-likeness (QED) is 0.534. The third-order valence-electron chi connectivity index (χ3n) is 2.51. The van der Waals surface area contributed by atoms with E-state index < -0.39 is 11.7 Å². The van der Waals surface area contributed by atoms with Crippen molar-refractivity contribution in [2.24, 2.45) is 0 Å². The van der Waals surface area contributed by atoms with E-state index in [0.717, 1.165) is 19.3 Å². The number of aliphatic hydroxyl groups is 3. The highest BCUT2D eigenvalue weighted by molar-refractivity contribution is 4.88. The summed E-state index contributed by atoms with van der Waals surface area (Å²) in [6.07, 6.45) is 3.31. The highest BCUT2D eigenvalue weighted by Gasteiger charge is 2.36. The lowest BCUT2D eigenvalue weighted by molar-refractivity contribution is -0.113. The van der Waals surface area contributed by atoms with Crippen LogP contribution in [0.2, 0.25) is 0 Å². The summed E-state index contributed by atoms with van der Waals surface area (Å²) in [7, 11) is 0. The maximum absolute atomic E-state index is 9.73. The number of aliphatic hydroxyl groups excluding tert-OH is 2. The molecule has 0 aromatic heterocycles. The van der Waals surface area contributed by atoms with Crippen LogP contribution in [-0.4, -0.2) is 33.6 Å². The Hall–Kier alpha value is -0.120. The molecule has 1 saturated carbocycles. The molecular weight excluding hydrogens is 144 g/mol. The van der Waals surface area contributed by atoms with Crippen molar-refractivity contribution in [1.29, 1.82) is 0 Å². The smallest absolute Gasteiger partial charge is 0.106 e. The Balaban J connectivity index is 2.49. The molecule has 66 valence electrons. The SMILES string of the molecule is OC[C@@H](O)C1(O)CCCCC1. The van der Waals surface area contributed by atoms with Crippen LogP contribution in [0.5, 0.6) is 0 Å². The second kappa shape index (κ2) is 3.52. The predicted molar refractivity (Wildman–Crippen MR) is 41.1 cm³/mol. The Kier molecular flexibility index (Phi) is 2.87. The fraction of sp³-hybridized carbons (Fsp3) is 1.00. The molecule has 0 amide bonds. The summed E-state index contributed by atoms with van der Waals surface area (Å²) >= 11 is 0. The Bertz CT molecular complexity index is 119. The molecular formula is C8H16O3. The van der Waals surface area contributed by atoms with Gasteiger partial charge in [-0.2, -0.15) is 0 Å². The third-order valence-corrected chi connectivity index (χ3v) is 2.51. The standard InChI is InChI=1S/C8H16O3/c9-6-7(10)8(11)4-2-1-3-5-8/h7,9-11H,1-6H2/t7-/m1/s1. The second-order valence-electron chi connectivity index (χ2n) is 3.36. The minimum atomic E-state index is -1.01. The molecule has 0 spiro atoms. The van der Waals surface area contributed by atoms with Crippen molar-refractivity contribution in [2.75, 3.05) is 6.61 Å². The van der Waals surface area contributed by atoms with E-state index in [1.807, 2.05) is 0 Å². The Morgan fingerprint density at radius 1 is 1.18 bits per heavy atom. The first-order valence-corrected chi connectivity index (χ1v) is 4.20. The summed E-state index contributed by atoms with van der Waals surface area (Å²) in [5.74, 6) is 0. The Labute approximate surface area is 66.7 Å². The van der Waals surface area contributed by atoms with Crippen LogP contribution in [-0.2, 0) is 0 Å². The molecule has 0 bridgehead atoms. The van der Waals surface area contributed by atoms with Gasteiger partial charge in [0, 0.05) is 0 Å². The van der Waals surface area contributed by atoms with Gasteiger partial charge in [0.1, 0.15) is 6.10 Å². The van der Waals surface area contributed by atoms with Crippen LogP contribution in [0, 0.1) is 0 Å². The number of rotatable bonds is 2. The van der Waals surface area contributed by atoms with Crippen molar-refractivity contribution < 1.29 is 15.3 Å². The molecule has 3 N–H and O–H groups in total. The van der Waals surface area contributed by atoms with Crippen LogP contribution in [0.25, 0.3) is 0 Å². The maximum atomic E-state index is 9.73. The van der Waals surface area contributed by atoms with E-state index in [1.54, 1.807) is 0 Å². The average Bonchev–Trinajstić information content (AvgIpc) is 2.04. The Morgan fingerprint density at radius 3 is 2.18 bits per heavy atom. The molecule has 0 radical (unpaired) electrons. The highest BCUT2D eigenvalue weighted by atomic mass is 16.4. The van der Waals surface area contributed by atoms with E-state index in [-0.39, 0.29) is 6.61 Å². The fourth-order valence-corrected chi connectivity index (χ4v) is 1.67. The fourth-order valence-electron chi connectivity index (χ4n) is 1.67. The zero-order chi connectivity index (χ0) is 8.32. The van der Waals surface area contributed by atoms with Crippen molar-refractivity contribution in [2.45, 2.75) is 43.8 Å². The topological polar surface area (TPSA) is 60.7 Å². The van der Waals surface area contributed by atoms with Gasteiger partial charge in [-0.1, -0.05) is 19.3 Å². The first-order chi connectivity index (χ1) is 5.19. The minimum Gasteiger partial charge on any atom is -0.394 e. The molecule has 0 unspecified atom stereocenters. The zero-order valence-corrected chi connectivity index (χ0v) is 6.66. The molecule has 0 aromatic carbocycles. The van der Waals surface area contributed by atoms with Crippen molar-refractivity contribution in [3.8, 4) is 0 Å². The van der Waals surface area contributed by atoms with E-state index in [4.69, 9.17) is 5.11 Å². The number of hydrogen-bond donors (Lipinski definition) is 3. The summed E-state index contributed by atoms with van der Waals surface area (Å²) in [4.78, 5) is 0. The molecule has 1 atom stereocenters. The van der Waals surface area contributed by atoms with E-state index >= 15 is 0 Å². The van der Waals surface area contributed by atoms with Gasteiger partial charge in [-0.25, -0.2) is 0 Å². The van der Waals surface area contributed by atoms with Crippen LogP contribution >= 0.6 is 0 Å². The minimum absolute atomic E-state index is 0.337. The van der Waals surface area contributed by atoms with E-state index in [9.17, 15) is 10.2 Å². The normalized spacial score (nSPS) is 26.5. The summed E-state index contributed by atoms with van der Waals surface area (Å²) in [6, 6.07) is 0. The van der Waals surface area contributed by atoms with E-state index in [1.165, 1.54) is 0 Å². The van der Waals surface area contributed by atoms with Crippen LogP contribution in [0.1, 0.15) is 32.1 Å². The molecule has 1 fully saturated rings. The van der Waals surface area contributed by atoms with Crippen LogP contribution < -0.4 is 0 Å². The summed E-state index contributed by atoms with van der Waals surface area (Å²) in [6.45, 7) is -0.337. The van der Waals surface area contributed by atoms with Gasteiger partial charge in [-0.15, -0.1) is 0 Å². The van der Waals surface area contributed by atoms with Gasteiger partial charge in [0.25, 0.3) is 0 Å². The van der Waals surface area contributed by atoms with Crippen molar-refractivity contribution in [3.63, 3.8) is 0 Å².